The fraction of sp³-hybridized carbons (Fsp3) is 0.222. The smallest absolute Gasteiger partial charge is 0.234 e. The Morgan fingerprint density at radius 3 is 2.68 bits per heavy atom. The van der Waals surface area contributed by atoms with Gasteiger partial charge < -0.3 is 15.5 Å². The van der Waals surface area contributed by atoms with Crippen molar-refractivity contribution in [3.8, 4) is 0 Å². The summed E-state index contributed by atoms with van der Waals surface area (Å²) in [6.07, 6.45) is 2.10. The van der Waals surface area contributed by atoms with Crippen LogP contribution >= 0.6 is 23.4 Å². The number of primary amides is 1. The van der Waals surface area contributed by atoms with Crippen LogP contribution in [0.5, 0.6) is 0 Å². The highest BCUT2D eigenvalue weighted by atomic mass is 35.5. The summed E-state index contributed by atoms with van der Waals surface area (Å²) in [6.45, 7) is 0.398. The third-order valence-electron chi connectivity index (χ3n) is 3.74. The molecule has 2 amide bonds. The van der Waals surface area contributed by atoms with Crippen molar-refractivity contribution in [1.82, 2.24) is 14.8 Å². The zero-order chi connectivity index (χ0) is 19.9. The molecule has 3 aromatic rings. The molecule has 0 unspecified atom stereocenters. The van der Waals surface area contributed by atoms with Crippen LogP contribution in [-0.4, -0.2) is 32.3 Å². The Hall–Kier alpha value is -2.78. The molecule has 0 aliphatic rings. The van der Waals surface area contributed by atoms with E-state index in [0.717, 1.165) is 0 Å². The number of nitrogens with one attached hydrogen (secondary N) is 1. The van der Waals surface area contributed by atoms with Gasteiger partial charge in [-0.2, -0.15) is 0 Å². The van der Waals surface area contributed by atoms with Gasteiger partial charge in [0.2, 0.25) is 11.8 Å². The lowest BCUT2D eigenvalue weighted by molar-refractivity contribution is -0.118. The van der Waals surface area contributed by atoms with Crippen LogP contribution in [0.3, 0.4) is 0 Å². The number of aromatic nitrogens is 3. The van der Waals surface area contributed by atoms with Crippen LogP contribution in [0, 0.1) is 0 Å². The van der Waals surface area contributed by atoms with Crippen molar-refractivity contribution in [1.29, 1.82) is 0 Å². The molecule has 0 aliphatic heterocycles. The van der Waals surface area contributed by atoms with Crippen molar-refractivity contribution in [2.45, 2.75) is 24.5 Å². The first-order valence-electron chi connectivity index (χ1n) is 8.42. The average molecular weight is 420 g/mol. The lowest BCUT2D eigenvalue weighted by Gasteiger charge is -2.09. The molecule has 8 nitrogen and oxygen atoms in total. The van der Waals surface area contributed by atoms with E-state index in [9.17, 15) is 9.59 Å². The van der Waals surface area contributed by atoms with Crippen LogP contribution in [0.4, 0.5) is 5.69 Å². The third-order valence-corrected chi connectivity index (χ3v) is 4.96. The van der Waals surface area contributed by atoms with Gasteiger partial charge >= 0.3 is 0 Å². The quantitative estimate of drug-likeness (QED) is 0.515. The molecule has 0 bridgehead atoms. The molecular formula is C18H18ClN5O3S. The molecule has 0 saturated heterocycles. The molecule has 28 heavy (non-hydrogen) atoms. The van der Waals surface area contributed by atoms with E-state index in [1.54, 1.807) is 36.6 Å². The molecule has 3 rings (SSSR count). The number of hydrogen-bond donors (Lipinski definition) is 2. The molecule has 0 aliphatic carbocycles. The maximum absolute atomic E-state index is 12.2. The molecule has 2 heterocycles. The SMILES string of the molecule is NC(=O)CCc1nnc(SCC(=O)Nc2ccc(Cl)cc2)n1Cc1ccco1. The zero-order valence-electron chi connectivity index (χ0n) is 14.8. The summed E-state index contributed by atoms with van der Waals surface area (Å²) in [5.41, 5.74) is 5.89. The lowest BCUT2D eigenvalue weighted by atomic mass is 10.3. The van der Waals surface area contributed by atoms with E-state index in [0.29, 0.717) is 40.4 Å². The number of rotatable bonds is 9. The van der Waals surface area contributed by atoms with Crippen molar-refractivity contribution in [2.24, 2.45) is 5.73 Å². The summed E-state index contributed by atoms with van der Waals surface area (Å²) in [7, 11) is 0. The minimum Gasteiger partial charge on any atom is -0.467 e. The van der Waals surface area contributed by atoms with Gasteiger partial charge in [-0.05, 0) is 36.4 Å². The minimum atomic E-state index is -0.413. The topological polar surface area (TPSA) is 116 Å². The predicted octanol–water partition coefficient (Wildman–Crippen LogP) is 2.72. The first kappa shape index (κ1) is 20.0. The number of aryl methyl sites for hydroxylation is 1. The first-order valence-corrected chi connectivity index (χ1v) is 9.78. The number of amides is 2. The zero-order valence-corrected chi connectivity index (χ0v) is 16.4. The standard InChI is InChI=1S/C18H18ClN5O3S/c19-12-3-5-13(6-4-12)21-17(26)11-28-18-23-22-16(8-7-15(20)25)24(18)10-14-2-1-9-27-14/h1-6,9H,7-8,10-11H2,(H2,20,25)(H,21,26). The molecular weight excluding hydrogens is 402 g/mol. The normalized spacial score (nSPS) is 10.8. The van der Waals surface area contributed by atoms with Gasteiger partial charge in [-0.25, -0.2) is 0 Å². The molecule has 2 aromatic heterocycles. The fourth-order valence-electron chi connectivity index (χ4n) is 2.42. The second-order valence-corrected chi connectivity index (χ2v) is 7.25. The van der Waals surface area contributed by atoms with Crippen LogP contribution < -0.4 is 11.1 Å². The number of nitrogens with two attached hydrogens (primary N) is 1. The molecule has 1 aromatic carbocycles. The maximum atomic E-state index is 12.2. The second kappa shape index (κ2) is 9.43. The van der Waals surface area contributed by atoms with Crippen LogP contribution in [0.15, 0.2) is 52.2 Å². The van der Waals surface area contributed by atoms with Gasteiger partial charge in [0.1, 0.15) is 11.6 Å². The van der Waals surface area contributed by atoms with Crippen molar-refractivity contribution >= 4 is 40.9 Å². The second-order valence-electron chi connectivity index (χ2n) is 5.87. The van der Waals surface area contributed by atoms with Crippen LogP contribution in [0.2, 0.25) is 5.02 Å². The Bertz CT molecular complexity index is 941. The highest BCUT2D eigenvalue weighted by molar-refractivity contribution is 7.99. The number of benzene rings is 1. The van der Waals surface area contributed by atoms with Crippen molar-refractivity contribution < 1.29 is 14.0 Å². The predicted molar refractivity (Wildman–Crippen MR) is 106 cm³/mol. The van der Waals surface area contributed by atoms with Gasteiger partial charge in [-0.3, -0.25) is 14.2 Å². The number of thioether (sulfide) groups is 1. The molecule has 3 N–H and O–H groups in total. The molecule has 10 heteroatoms. The van der Waals surface area contributed by atoms with Gasteiger partial charge in [0.25, 0.3) is 0 Å². The number of hydrogen-bond acceptors (Lipinski definition) is 6. The highest BCUT2D eigenvalue weighted by Crippen LogP contribution is 2.21. The Kier molecular flexibility index (Phi) is 6.72. The van der Waals surface area contributed by atoms with Gasteiger partial charge in [-0.1, -0.05) is 23.4 Å². The van der Waals surface area contributed by atoms with E-state index in [1.165, 1.54) is 11.8 Å². The van der Waals surface area contributed by atoms with Crippen molar-refractivity contribution in [2.75, 3.05) is 11.1 Å². The number of carbonyl (C=O) groups excluding carboxylic acids is 2. The number of furan rings is 1. The van der Waals surface area contributed by atoms with Gasteiger partial charge in [0.05, 0.1) is 18.6 Å². The van der Waals surface area contributed by atoms with E-state index in [4.69, 9.17) is 21.8 Å². The Labute approximate surface area is 170 Å². The summed E-state index contributed by atoms with van der Waals surface area (Å²) < 4.78 is 7.21. The third kappa shape index (κ3) is 5.61. The maximum Gasteiger partial charge on any atom is 0.234 e. The molecule has 146 valence electrons. The highest BCUT2D eigenvalue weighted by Gasteiger charge is 2.16. The monoisotopic (exact) mass is 419 g/mol. The summed E-state index contributed by atoms with van der Waals surface area (Å²) in [5, 5.41) is 12.2. The fourth-order valence-corrected chi connectivity index (χ4v) is 3.31. The van der Waals surface area contributed by atoms with E-state index < -0.39 is 5.91 Å². The van der Waals surface area contributed by atoms with Crippen LogP contribution in [0.1, 0.15) is 18.0 Å². The number of anilines is 1. The number of carbonyl (C=O) groups is 2. The van der Waals surface area contributed by atoms with Crippen molar-refractivity contribution in [3.63, 3.8) is 0 Å². The Morgan fingerprint density at radius 1 is 1.21 bits per heavy atom. The van der Waals surface area contributed by atoms with E-state index >= 15 is 0 Å². The van der Waals surface area contributed by atoms with E-state index in [2.05, 4.69) is 15.5 Å². The van der Waals surface area contributed by atoms with Gasteiger partial charge in [-0.15, -0.1) is 10.2 Å². The largest absolute Gasteiger partial charge is 0.467 e. The molecule has 0 atom stereocenters. The Balaban J connectivity index is 1.66. The first-order chi connectivity index (χ1) is 13.5. The van der Waals surface area contributed by atoms with Gasteiger partial charge in [0, 0.05) is 23.6 Å². The van der Waals surface area contributed by atoms with Crippen LogP contribution in [0.25, 0.3) is 0 Å². The molecule has 0 saturated carbocycles. The minimum absolute atomic E-state index is 0.148. The summed E-state index contributed by atoms with van der Waals surface area (Å²) in [6, 6.07) is 10.5. The molecule has 0 fully saturated rings. The average Bonchev–Trinajstić information content (AvgIpc) is 3.31. The molecule has 0 radical (unpaired) electrons. The van der Waals surface area contributed by atoms with Crippen LogP contribution in [-0.2, 0) is 22.6 Å². The van der Waals surface area contributed by atoms with Gasteiger partial charge in [0.15, 0.2) is 5.16 Å². The van der Waals surface area contributed by atoms with Crippen molar-refractivity contribution in [3.05, 3.63) is 59.3 Å². The summed E-state index contributed by atoms with van der Waals surface area (Å²) in [5.74, 6) is 0.875. The lowest BCUT2D eigenvalue weighted by Crippen LogP contribution is -2.15. The summed E-state index contributed by atoms with van der Waals surface area (Å²) >= 11 is 7.09. The number of nitrogens with zero attached hydrogens (tertiary/aromatic N) is 3. The van der Waals surface area contributed by atoms with E-state index in [1.807, 2.05) is 10.6 Å². The number of halogens is 1. The van der Waals surface area contributed by atoms with E-state index in [-0.39, 0.29) is 18.1 Å². The summed E-state index contributed by atoms with van der Waals surface area (Å²) in [4.78, 5) is 23.3. The molecule has 0 spiro atoms. The Morgan fingerprint density at radius 2 is 2.00 bits per heavy atom.